The quantitative estimate of drug-likeness (QED) is 0.303. The van der Waals surface area contributed by atoms with Crippen LogP contribution in [0.25, 0.3) is 22.2 Å². The van der Waals surface area contributed by atoms with Gasteiger partial charge in [-0.3, -0.25) is 4.79 Å². The molecule has 2 N–H and O–H groups in total. The molecule has 0 bridgehead atoms. The number of nitrogens with one attached hydrogen (secondary N) is 1. The lowest BCUT2D eigenvalue weighted by molar-refractivity contribution is -0.139. The monoisotopic (exact) mass is 496 g/mol. The molecule has 37 heavy (non-hydrogen) atoms. The zero-order valence-electron chi connectivity index (χ0n) is 19.3. The summed E-state index contributed by atoms with van der Waals surface area (Å²) >= 11 is 0. The molecule has 2 aromatic heterocycles. The fourth-order valence-electron chi connectivity index (χ4n) is 3.56. The Bertz CT molecular complexity index is 1550. The molecule has 2 heterocycles. The van der Waals surface area contributed by atoms with Crippen LogP contribution in [0.5, 0.6) is 17.4 Å². The van der Waals surface area contributed by atoms with Crippen molar-refractivity contribution < 1.29 is 28.8 Å². The van der Waals surface area contributed by atoms with Crippen LogP contribution in [0.1, 0.15) is 15.9 Å². The average Bonchev–Trinajstić information content (AvgIpc) is 3.39. The summed E-state index contributed by atoms with van der Waals surface area (Å²) in [6.07, 6.45) is 1.55. The molecular weight excluding hydrogens is 476 g/mol. The number of benzene rings is 3. The number of amides is 1. The number of carbonyl (C=O) groups is 2. The number of rotatable bonds is 9. The van der Waals surface area contributed by atoms with E-state index >= 15 is 0 Å². The highest BCUT2D eigenvalue weighted by Gasteiger charge is 2.15. The van der Waals surface area contributed by atoms with Crippen molar-refractivity contribution in [1.82, 2.24) is 20.6 Å². The summed E-state index contributed by atoms with van der Waals surface area (Å²) in [5.74, 6) is -0.246. The standard InChI is InChI=1S/C27H20N4O6/c32-25(33)16-35-20-9-7-19(8-10-20)18-5-3-17(4-6-18)15-29-26(34)22-2-1-13-28-27(22)36-21-11-12-23-24(14-21)31-37-30-23/h1-14H,15-16H2,(H,29,34)(H,32,33). The number of carboxylic acid groups (broad SMARTS) is 1. The maximum Gasteiger partial charge on any atom is 0.341 e. The normalized spacial score (nSPS) is 10.7. The fraction of sp³-hybridized carbons (Fsp3) is 0.0741. The van der Waals surface area contributed by atoms with E-state index in [2.05, 4.69) is 20.6 Å². The molecule has 1 amide bonds. The third-order valence-electron chi connectivity index (χ3n) is 5.41. The molecule has 0 spiro atoms. The molecule has 5 rings (SSSR count). The van der Waals surface area contributed by atoms with Gasteiger partial charge in [-0.05, 0) is 63.4 Å². The summed E-state index contributed by atoms with van der Waals surface area (Å²) < 4.78 is 15.7. The van der Waals surface area contributed by atoms with E-state index in [1.807, 2.05) is 36.4 Å². The molecule has 0 aliphatic rings. The first-order chi connectivity index (χ1) is 18.0. The largest absolute Gasteiger partial charge is 0.482 e. The summed E-state index contributed by atoms with van der Waals surface area (Å²) in [6.45, 7) is -0.0747. The van der Waals surface area contributed by atoms with Gasteiger partial charge in [-0.25, -0.2) is 14.4 Å². The molecule has 184 valence electrons. The van der Waals surface area contributed by atoms with E-state index in [4.69, 9.17) is 19.2 Å². The summed E-state index contributed by atoms with van der Waals surface area (Å²) in [5, 5.41) is 19.2. The van der Waals surface area contributed by atoms with Crippen LogP contribution in [-0.2, 0) is 11.3 Å². The van der Waals surface area contributed by atoms with Gasteiger partial charge in [0.05, 0.1) is 0 Å². The summed E-state index contributed by atoms with van der Waals surface area (Å²) in [4.78, 5) is 27.7. The molecule has 0 radical (unpaired) electrons. The number of pyridine rings is 1. The Morgan fingerprint density at radius 2 is 1.57 bits per heavy atom. The second-order valence-electron chi connectivity index (χ2n) is 7.96. The van der Waals surface area contributed by atoms with E-state index in [9.17, 15) is 9.59 Å². The molecule has 5 aromatic rings. The van der Waals surface area contributed by atoms with Gasteiger partial charge in [0.2, 0.25) is 5.88 Å². The number of fused-ring (bicyclic) bond motifs is 1. The Morgan fingerprint density at radius 3 is 2.32 bits per heavy atom. The summed E-state index contributed by atoms with van der Waals surface area (Å²) in [5.41, 5.74) is 4.26. The molecular formula is C27H20N4O6. The van der Waals surface area contributed by atoms with Crippen LogP contribution in [0.3, 0.4) is 0 Å². The topological polar surface area (TPSA) is 137 Å². The van der Waals surface area contributed by atoms with Gasteiger partial charge in [0.1, 0.15) is 28.1 Å². The summed E-state index contributed by atoms with van der Waals surface area (Å²) in [7, 11) is 0. The Hall–Kier alpha value is -5.25. The Morgan fingerprint density at radius 1 is 0.865 bits per heavy atom. The molecule has 0 saturated heterocycles. The molecule has 0 fully saturated rings. The zero-order valence-corrected chi connectivity index (χ0v) is 19.3. The predicted octanol–water partition coefficient (Wildman–Crippen LogP) is 4.47. The van der Waals surface area contributed by atoms with E-state index < -0.39 is 5.97 Å². The number of hydrogen-bond acceptors (Lipinski definition) is 8. The third kappa shape index (κ3) is 5.70. The van der Waals surface area contributed by atoms with Gasteiger partial charge >= 0.3 is 5.97 Å². The van der Waals surface area contributed by atoms with Crippen molar-refractivity contribution in [3.05, 3.63) is 96.2 Å². The van der Waals surface area contributed by atoms with Crippen LogP contribution in [0, 0.1) is 0 Å². The lowest BCUT2D eigenvalue weighted by Crippen LogP contribution is -2.23. The Balaban J connectivity index is 1.21. The van der Waals surface area contributed by atoms with Gasteiger partial charge in [0, 0.05) is 18.8 Å². The second kappa shape index (κ2) is 10.6. The Kier molecular flexibility index (Phi) is 6.71. The van der Waals surface area contributed by atoms with Crippen molar-refractivity contribution in [2.75, 3.05) is 6.61 Å². The first-order valence-electron chi connectivity index (χ1n) is 11.2. The highest BCUT2D eigenvalue weighted by molar-refractivity contribution is 5.96. The zero-order chi connectivity index (χ0) is 25.6. The first-order valence-corrected chi connectivity index (χ1v) is 11.2. The maximum atomic E-state index is 12.9. The number of carbonyl (C=O) groups excluding carboxylic acids is 1. The molecule has 0 aliphatic heterocycles. The summed E-state index contributed by atoms with van der Waals surface area (Å²) in [6, 6.07) is 23.3. The number of nitrogens with zero attached hydrogens (tertiary/aromatic N) is 3. The predicted molar refractivity (Wildman–Crippen MR) is 132 cm³/mol. The minimum atomic E-state index is -1.03. The highest BCUT2D eigenvalue weighted by atomic mass is 16.6. The van der Waals surface area contributed by atoms with E-state index in [0.717, 1.165) is 16.7 Å². The smallest absolute Gasteiger partial charge is 0.341 e. The van der Waals surface area contributed by atoms with Crippen LogP contribution in [0.2, 0.25) is 0 Å². The molecule has 10 heteroatoms. The van der Waals surface area contributed by atoms with Gasteiger partial charge in [0.15, 0.2) is 6.61 Å². The van der Waals surface area contributed by atoms with Gasteiger partial charge in [-0.2, -0.15) is 0 Å². The molecule has 3 aromatic carbocycles. The lowest BCUT2D eigenvalue weighted by atomic mass is 10.0. The molecule has 0 aliphatic carbocycles. The minimum absolute atomic E-state index is 0.168. The van der Waals surface area contributed by atoms with Crippen LogP contribution >= 0.6 is 0 Å². The SMILES string of the molecule is O=C(O)COc1ccc(-c2ccc(CNC(=O)c3cccnc3Oc3ccc4nonc4c3)cc2)cc1. The second-order valence-corrected chi connectivity index (χ2v) is 7.96. The number of hydrogen-bond donors (Lipinski definition) is 2. The minimum Gasteiger partial charge on any atom is -0.482 e. The van der Waals surface area contributed by atoms with E-state index in [0.29, 0.717) is 34.6 Å². The van der Waals surface area contributed by atoms with Crippen molar-refractivity contribution in [3.63, 3.8) is 0 Å². The van der Waals surface area contributed by atoms with Gasteiger partial charge in [0.25, 0.3) is 5.91 Å². The van der Waals surface area contributed by atoms with E-state index in [-0.39, 0.29) is 18.4 Å². The van der Waals surface area contributed by atoms with Crippen molar-refractivity contribution in [2.45, 2.75) is 6.54 Å². The fourth-order valence-corrected chi connectivity index (χ4v) is 3.56. The molecule has 0 atom stereocenters. The number of carboxylic acids is 1. The van der Waals surface area contributed by atoms with Crippen molar-refractivity contribution in [1.29, 1.82) is 0 Å². The van der Waals surface area contributed by atoms with E-state index in [1.165, 1.54) is 0 Å². The van der Waals surface area contributed by atoms with E-state index in [1.54, 1.807) is 48.7 Å². The number of aromatic nitrogens is 3. The van der Waals surface area contributed by atoms with Crippen LogP contribution in [0.4, 0.5) is 0 Å². The first kappa shape index (κ1) is 23.5. The Labute approximate surface area is 210 Å². The number of aliphatic carboxylic acids is 1. The number of ether oxygens (including phenoxy) is 2. The van der Waals surface area contributed by atoms with Crippen molar-refractivity contribution in [2.24, 2.45) is 0 Å². The van der Waals surface area contributed by atoms with Crippen LogP contribution in [0.15, 0.2) is 89.7 Å². The molecule has 0 unspecified atom stereocenters. The third-order valence-corrected chi connectivity index (χ3v) is 5.41. The lowest BCUT2D eigenvalue weighted by Gasteiger charge is -2.11. The van der Waals surface area contributed by atoms with Gasteiger partial charge in [-0.15, -0.1) is 0 Å². The van der Waals surface area contributed by atoms with Crippen molar-refractivity contribution >= 4 is 22.9 Å². The highest BCUT2D eigenvalue weighted by Crippen LogP contribution is 2.26. The van der Waals surface area contributed by atoms with Gasteiger partial charge in [-0.1, -0.05) is 36.4 Å². The average molecular weight is 496 g/mol. The van der Waals surface area contributed by atoms with Gasteiger partial charge < -0.3 is 19.9 Å². The molecule has 0 saturated carbocycles. The maximum absolute atomic E-state index is 12.9. The molecule has 10 nitrogen and oxygen atoms in total. The van der Waals surface area contributed by atoms with Crippen LogP contribution < -0.4 is 14.8 Å². The van der Waals surface area contributed by atoms with Crippen molar-refractivity contribution in [3.8, 4) is 28.5 Å². The van der Waals surface area contributed by atoms with Crippen LogP contribution in [-0.4, -0.2) is 38.9 Å².